The molecule has 1 amide bonds. The monoisotopic (exact) mass is 780 g/mol. The summed E-state index contributed by atoms with van der Waals surface area (Å²) in [4.78, 5) is 59.0. The lowest BCUT2D eigenvalue weighted by molar-refractivity contribution is 0.0997. The van der Waals surface area contributed by atoms with Gasteiger partial charge in [-0.15, -0.1) is 10.2 Å². The summed E-state index contributed by atoms with van der Waals surface area (Å²) in [6.07, 6.45) is 0. The molecule has 274 valence electrons. The number of nitrogens with one attached hydrogen (secondary N) is 3. The lowest BCUT2D eigenvalue weighted by Crippen LogP contribution is -2.13. The Morgan fingerprint density at radius 3 is 1.84 bits per heavy atom. The zero-order valence-electron chi connectivity index (χ0n) is 28.0. The van der Waals surface area contributed by atoms with E-state index in [2.05, 4.69) is 25.6 Å². The number of aromatic nitrogens is 9. The lowest BCUT2D eigenvalue weighted by Gasteiger charge is -2.15. The Morgan fingerprint density at radius 1 is 0.764 bits per heavy atom. The maximum absolute atomic E-state index is 12.6. The molecular formula is C35H22Cl2N10O8. The van der Waals surface area contributed by atoms with Gasteiger partial charge in [-0.1, -0.05) is 23.2 Å². The number of rotatable bonds is 9. The molecule has 0 saturated carbocycles. The van der Waals surface area contributed by atoms with Crippen molar-refractivity contribution in [2.24, 2.45) is 5.73 Å². The van der Waals surface area contributed by atoms with Crippen LogP contribution >= 0.6 is 23.2 Å². The number of carbonyl (C=O) groups excluding carboxylic acids is 1. The number of carbonyl (C=O) groups is 1. The van der Waals surface area contributed by atoms with Crippen LogP contribution in [-0.4, -0.2) is 57.7 Å². The number of hydrogen-bond acceptors (Lipinski definition) is 12. The summed E-state index contributed by atoms with van der Waals surface area (Å²) >= 11 is 12.8. The van der Waals surface area contributed by atoms with Crippen LogP contribution in [0.15, 0.2) is 88.4 Å². The minimum atomic E-state index is -0.773. The van der Waals surface area contributed by atoms with Crippen molar-refractivity contribution in [1.82, 2.24) is 44.7 Å². The predicted octanol–water partition coefficient (Wildman–Crippen LogP) is 4.96. The number of nitrogens with two attached hydrogens (primary N) is 1. The van der Waals surface area contributed by atoms with E-state index in [9.17, 15) is 19.2 Å². The Hall–Kier alpha value is -7.18. The first-order valence-corrected chi connectivity index (χ1v) is 16.9. The van der Waals surface area contributed by atoms with Crippen molar-refractivity contribution in [3.05, 3.63) is 108 Å². The number of primary amides is 1. The van der Waals surface area contributed by atoms with E-state index in [-0.39, 0.29) is 41.8 Å². The zero-order chi connectivity index (χ0) is 38.1. The summed E-state index contributed by atoms with van der Waals surface area (Å²) in [5.41, 5.74) is 9.11. The second kappa shape index (κ2) is 12.7. The topological polar surface area (TPSA) is 252 Å². The molecule has 5 heterocycles. The molecule has 0 aliphatic rings. The maximum Gasteiger partial charge on any atom is 0.434 e. The Morgan fingerprint density at radius 2 is 1.31 bits per heavy atom. The van der Waals surface area contributed by atoms with Crippen molar-refractivity contribution in [2.75, 3.05) is 7.11 Å². The van der Waals surface area contributed by atoms with E-state index in [1.807, 2.05) is 9.13 Å². The number of aryl methyl sites for hydroxylation is 2. The lowest BCUT2D eigenvalue weighted by atomic mass is 10.1. The van der Waals surface area contributed by atoms with E-state index in [0.717, 1.165) is 0 Å². The third kappa shape index (κ3) is 5.50. The molecule has 0 radical (unpaired) electrons. The van der Waals surface area contributed by atoms with Gasteiger partial charge in [0.15, 0.2) is 11.3 Å². The number of amides is 1. The molecule has 0 unspecified atom stereocenters. The molecule has 0 bridgehead atoms. The molecular weight excluding hydrogens is 759 g/mol. The molecule has 0 aliphatic carbocycles. The molecule has 0 atom stereocenters. The number of methoxy groups -OCH3 is 1. The SMILES string of the molecule is COc1c(C(N)=O)ccc2c1nc(-c1ccc(Cl)cc1-c1n[nH]c(=O)o1)n2CCn1c(-c2ccc(Cl)cc2-c2n[nH]c(=O)o2)nc2c3o[nH]c(=O)c3ccc21. The number of nitrogens with zero attached hydrogens (tertiary/aromatic N) is 6. The smallest absolute Gasteiger partial charge is 0.434 e. The molecule has 18 nitrogen and oxygen atoms in total. The molecule has 5 aromatic heterocycles. The second-order valence-electron chi connectivity index (χ2n) is 12.1. The van der Waals surface area contributed by atoms with Crippen LogP contribution in [0.4, 0.5) is 0 Å². The molecule has 0 fully saturated rings. The van der Waals surface area contributed by atoms with Crippen molar-refractivity contribution in [2.45, 2.75) is 13.1 Å². The number of aromatic amines is 3. The largest absolute Gasteiger partial charge is 0.494 e. The van der Waals surface area contributed by atoms with E-state index in [1.165, 1.54) is 7.11 Å². The van der Waals surface area contributed by atoms with E-state index < -0.39 is 23.0 Å². The number of benzene rings is 4. The molecule has 9 rings (SSSR count). The third-order valence-corrected chi connectivity index (χ3v) is 9.51. The first-order valence-electron chi connectivity index (χ1n) is 16.2. The van der Waals surface area contributed by atoms with Gasteiger partial charge in [-0.05, 0) is 60.7 Å². The number of halogens is 2. The molecule has 0 aliphatic heterocycles. The van der Waals surface area contributed by atoms with Gasteiger partial charge >= 0.3 is 11.5 Å². The standard InChI is InChI=1S/C35H22Cl2N10O8/c1-52-26-18(28(38)48)6-8-22-24(26)39-29(16-4-2-14(36)12-20(16)32-41-43-34(50)53-32)46(22)10-11-47-23-9-7-19-27(55-45-31(19)49)25(23)40-30(47)17-5-3-15(37)13-21(17)33-42-44-35(51)54-33/h2-9,12-13H,10-11H2,1H3,(H2,38,48)(H,43,50)(H,44,51)(H,45,49). The van der Waals surface area contributed by atoms with Crippen LogP contribution in [0.25, 0.3) is 78.7 Å². The van der Waals surface area contributed by atoms with Gasteiger partial charge in [0.1, 0.15) is 22.7 Å². The summed E-state index contributed by atoms with van der Waals surface area (Å²) in [6.45, 7) is 0.378. The molecule has 0 spiro atoms. The average molecular weight is 782 g/mol. The van der Waals surface area contributed by atoms with Gasteiger partial charge in [0, 0.05) is 34.3 Å². The van der Waals surface area contributed by atoms with E-state index in [4.69, 9.17) is 57.0 Å². The normalized spacial score (nSPS) is 11.7. The summed E-state index contributed by atoms with van der Waals surface area (Å²) in [5.74, 6) is -1.43. The molecule has 9 aromatic rings. The molecule has 0 saturated heterocycles. The van der Waals surface area contributed by atoms with Gasteiger partial charge in [-0.2, -0.15) is 5.16 Å². The third-order valence-electron chi connectivity index (χ3n) is 9.04. The fourth-order valence-electron chi connectivity index (χ4n) is 6.70. The number of ether oxygens (including phenoxy) is 1. The second-order valence-corrected chi connectivity index (χ2v) is 13.0. The van der Waals surface area contributed by atoms with Gasteiger partial charge in [-0.3, -0.25) is 9.59 Å². The Bertz CT molecular complexity index is 3200. The van der Waals surface area contributed by atoms with Gasteiger partial charge < -0.3 is 33.0 Å². The first-order chi connectivity index (χ1) is 26.6. The summed E-state index contributed by atoms with van der Waals surface area (Å²) in [5, 5.41) is 15.9. The van der Waals surface area contributed by atoms with Crippen LogP contribution in [-0.2, 0) is 13.1 Å². The molecule has 4 aromatic carbocycles. The van der Waals surface area contributed by atoms with Crippen LogP contribution in [0.2, 0.25) is 10.0 Å². The van der Waals surface area contributed by atoms with Gasteiger partial charge in [0.25, 0.3) is 11.5 Å². The highest BCUT2D eigenvalue weighted by Crippen LogP contribution is 2.39. The fraction of sp³-hybridized carbons (Fsp3) is 0.0857. The number of hydrogen-bond donors (Lipinski definition) is 4. The van der Waals surface area contributed by atoms with Crippen LogP contribution in [0, 0.1) is 0 Å². The molecule has 5 N–H and O–H groups in total. The Kier molecular flexibility index (Phi) is 7.80. The number of fused-ring (bicyclic) bond motifs is 4. The minimum absolute atomic E-state index is 0.0278. The van der Waals surface area contributed by atoms with E-state index in [1.54, 1.807) is 60.7 Å². The Balaban J connectivity index is 1.28. The van der Waals surface area contributed by atoms with Crippen molar-refractivity contribution < 1.29 is 22.9 Å². The van der Waals surface area contributed by atoms with Crippen LogP contribution in [0.5, 0.6) is 5.75 Å². The highest BCUT2D eigenvalue weighted by Gasteiger charge is 2.26. The highest BCUT2D eigenvalue weighted by atomic mass is 35.5. The molecule has 20 heteroatoms. The van der Waals surface area contributed by atoms with Crippen LogP contribution in [0.3, 0.4) is 0 Å². The Labute approximate surface area is 314 Å². The minimum Gasteiger partial charge on any atom is -0.494 e. The quantitative estimate of drug-likeness (QED) is 0.152. The predicted molar refractivity (Wildman–Crippen MR) is 198 cm³/mol. The van der Waals surface area contributed by atoms with Crippen molar-refractivity contribution in [3.8, 4) is 51.4 Å². The zero-order valence-corrected chi connectivity index (χ0v) is 29.5. The number of imidazole rings is 2. The molecule has 55 heavy (non-hydrogen) atoms. The summed E-state index contributed by atoms with van der Waals surface area (Å²) in [6, 6.07) is 16.5. The van der Waals surface area contributed by atoms with Crippen molar-refractivity contribution in [3.63, 3.8) is 0 Å². The summed E-state index contributed by atoms with van der Waals surface area (Å²) in [7, 11) is 1.40. The highest BCUT2D eigenvalue weighted by molar-refractivity contribution is 6.31. The maximum atomic E-state index is 12.6. The van der Waals surface area contributed by atoms with E-state index in [0.29, 0.717) is 71.4 Å². The average Bonchev–Trinajstić information content (AvgIpc) is 4.01. The van der Waals surface area contributed by atoms with Crippen molar-refractivity contribution in [1.29, 1.82) is 0 Å². The van der Waals surface area contributed by atoms with Gasteiger partial charge in [0.05, 0.1) is 40.2 Å². The fourth-order valence-corrected chi connectivity index (χ4v) is 7.04. The van der Waals surface area contributed by atoms with Crippen LogP contribution in [0.1, 0.15) is 10.4 Å². The summed E-state index contributed by atoms with van der Waals surface area (Å²) < 4.78 is 25.7. The van der Waals surface area contributed by atoms with Crippen molar-refractivity contribution >= 4 is 62.1 Å². The first kappa shape index (κ1) is 33.6. The van der Waals surface area contributed by atoms with Crippen LogP contribution < -0.4 is 27.5 Å². The van der Waals surface area contributed by atoms with Gasteiger partial charge in [0.2, 0.25) is 11.8 Å². The number of H-pyrrole nitrogens is 3. The van der Waals surface area contributed by atoms with Gasteiger partial charge in [-0.25, -0.2) is 29.8 Å². The van der Waals surface area contributed by atoms with E-state index >= 15 is 0 Å².